The summed E-state index contributed by atoms with van der Waals surface area (Å²) >= 11 is 4.32. The molecular weight excluding hydrogens is 184 g/mol. The fourth-order valence-corrected chi connectivity index (χ4v) is 1.34. The quantitative estimate of drug-likeness (QED) is 0.739. The number of benzene rings is 1. The average molecular weight is 192 g/mol. The van der Waals surface area contributed by atoms with Gasteiger partial charge in [0, 0.05) is 4.90 Å². The molecule has 0 saturated carbocycles. The van der Waals surface area contributed by atoms with Gasteiger partial charge in [-0.25, -0.2) is 0 Å². The third-order valence-corrected chi connectivity index (χ3v) is 2.17. The van der Waals surface area contributed by atoms with Crippen LogP contribution in [0.25, 0.3) is 0 Å². The second kappa shape index (κ2) is 3.62. The molecule has 0 aliphatic heterocycles. The molecule has 1 aromatic heterocycles. The maximum Gasteiger partial charge on any atom is 0.220 e. The molecule has 66 valence electrons. The summed E-state index contributed by atoms with van der Waals surface area (Å²) in [6.45, 7) is 0. The van der Waals surface area contributed by atoms with E-state index in [-0.39, 0.29) is 0 Å². The molecule has 0 N–H and O–H groups in total. The van der Waals surface area contributed by atoms with Gasteiger partial charge in [-0.1, -0.05) is 18.2 Å². The second-order valence-corrected chi connectivity index (χ2v) is 3.12. The molecule has 0 fully saturated rings. The summed E-state index contributed by atoms with van der Waals surface area (Å²) in [5, 5.41) is 7.41. The molecule has 0 atom stereocenters. The van der Waals surface area contributed by atoms with Gasteiger partial charge in [-0.2, -0.15) is 0 Å². The number of aromatic nitrogens is 2. The number of hydrogen-bond acceptors (Lipinski definition) is 4. The van der Waals surface area contributed by atoms with E-state index in [1.54, 1.807) is 0 Å². The highest BCUT2D eigenvalue weighted by atomic mass is 32.1. The van der Waals surface area contributed by atoms with Crippen LogP contribution in [0, 0.1) is 0 Å². The topological polar surface area (TPSA) is 38.9 Å². The predicted molar refractivity (Wildman–Crippen MR) is 50.8 cm³/mol. The van der Waals surface area contributed by atoms with Crippen molar-refractivity contribution in [1.82, 2.24) is 10.2 Å². The minimum absolute atomic E-state index is 0.613. The standard InChI is InChI=1S/C9H8N2OS/c13-8-4-2-1-3-7(8)5-9-11-10-6-12-9/h1-4,6,13H,5H2. The molecule has 2 rings (SSSR count). The van der Waals surface area contributed by atoms with Gasteiger partial charge in [-0.3, -0.25) is 0 Å². The molecule has 0 aliphatic rings. The highest BCUT2D eigenvalue weighted by Gasteiger charge is 2.03. The maximum absolute atomic E-state index is 5.04. The van der Waals surface area contributed by atoms with Crippen LogP contribution in [0.4, 0.5) is 0 Å². The van der Waals surface area contributed by atoms with Crippen molar-refractivity contribution in [3.05, 3.63) is 42.1 Å². The zero-order valence-electron chi connectivity index (χ0n) is 6.84. The van der Waals surface area contributed by atoms with E-state index in [0.29, 0.717) is 12.3 Å². The first kappa shape index (κ1) is 8.31. The Morgan fingerprint density at radius 3 is 2.85 bits per heavy atom. The van der Waals surface area contributed by atoms with E-state index in [0.717, 1.165) is 10.5 Å². The maximum atomic E-state index is 5.04. The molecule has 4 heteroatoms. The summed E-state index contributed by atoms with van der Waals surface area (Å²) in [5.74, 6) is 0.613. The van der Waals surface area contributed by atoms with Crippen molar-refractivity contribution in [3.63, 3.8) is 0 Å². The highest BCUT2D eigenvalue weighted by molar-refractivity contribution is 7.80. The molecule has 0 spiro atoms. The lowest BCUT2D eigenvalue weighted by Crippen LogP contribution is -1.89. The largest absolute Gasteiger partial charge is 0.428 e. The molecule has 1 aromatic carbocycles. The minimum atomic E-state index is 0.613. The molecule has 0 bridgehead atoms. The van der Waals surface area contributed by atoms with Crippen LogP contribution in [0.5, 0.6) is 0 Å². The van der Waals surface area contributed by atoms with E-state index in [1.165, 1.54) is 6.39 Å². The lowest BCUT2D eigenvalue weighted by Gasteiger charge is -1.99. The van der Waals surface area contributed by atoms with Gasteiger partial charge < -0.3 is 4.42 Å². The zero-order valence-corrected chi connectivity index (χ0v) is 7.74. The number of nitrogens with zero attached hydrogens (tertiary/aromatic N) is 2. The summed E-state index contributed by atoms with van der Waals surface area (Å²) in [6.07, 6.45) is 1.97. The molecular formula is C9H8N2OS. The Morgan fingerprint density at radius 2 is 2.15 bits per heavy atom. The van der Waals surface area contributed by atoms with E-state index in [9.17, 15) is 0 Å². The van der Waals surface area contributed by atoms with E-state index >= 15 is 0 Å². The van der Waals surface area contributed by atoms with Gasteiger partial charge >= 0.3 is 0 Å². The van der Waals surface area contributed by atoms with Crippen molar-refractivity contribution in [3.8, 4) is 0 Å². The van der Waals surface area contributed by atoms with Crippen molar-refractivity contribution in [2.24, 2.45) is 0 Å². The van der Waals surface area contributed by atoms with Crippen LogP contribution >= 0.6 is 12.6 Å². The van der Waals surface area contributed by atoms with Crippen LogP contribution in [-0.2, 0) is 6.42 Å². The van der Waals surface area contributed by atoms with E-state index < -0.39 is 0 Å². The number of thiol groups is 1. The molecule has 3 nitrogen and oxygen atoms in total. The smallest absolute Gasteiger partial charge is 0.220 e. The van der Waals surface area contributed by atoms with Gasteiger partial charge in [0.25, 0.3) is 0 Å². The molecule has 0 aliphatic carbocycles. The molecule has 0 radical (unpaired) electrons. The van der Waals surface area contributed by atoms with Crippen LogP contribution in [0.2, 0.25) is 0 Å². The van der Waals surface area contributed by atoms with Crippen LogP contribution in [0.1, 0.15) is 11.5 Å². The lowest BCUT2D eigenvalue weighted by atomic mass is 10.1. The van der Waals surface area contributed by atoms with Crippen molar-refractivity contribution in [2.75, 3.05) is 0 Å². The fourth-order valence-electron chi connectivity index (χ4n) is 1.10. The number of hydrogen-bond donors (Lipinski definition) is 1. The third-order valence-electron chi connectivity index (χ3n) is 1.74. The van der Waals surface area contributed by atoms with Crippen LogP contribution in [-0.4, -0.2) is 10.2 Å². The van der Waals surface area contributed by atoms with E-state index in [2.05, 4.69) is 22.8 Å². The average Bonchev–Trinajstić information content (AvgIpc) is 2.61. The van der Waals surface area contributed by atoms with Gasteiger partial charge in [0.05, 0.1) is 6.42 Å². The molecule has 0 unspecified atom stereocenters. The molecule has 1 heterocycles. The molecule has 13 heavy (non-hydrogen) atoms. The summed E-state index contributed by atoms with van der Waals surface area (Å²) in [5.41, 5.74) is 1.09. The molecule has 0 amide bonds. The van der Waals surface area contributed by atoms with Gasteiger partial charge in [-0.15, -0.1) is 22.8 Å². The van der Waals surface area contributed by atoms with E-state index in [4.69, 9.17) is 4.42 Å². The Kier molecular flexibility index (Phi) is 2.31. The monoisotopic (exact) mass is 192 g/mol. The van der Waals surface area contributed by atoms with Crippen molar-refractivity contribution in [2.45, 2.75) is 11.3 Å². The van der Waals surface area contributed by atoms with Gasteiger partial charge in [-0.05, 0) is 11.6 Å². The van der Waals surface area contributed by atoms with Crippen molar-refractivity contribution < 1.29 is 4.42 Å². The Balaban J connectivity index is 2.24. The second-order valence-electron chi connectivity index (χ2n) is 2.64. The predicted octanol–water partition coefficient (Wildman–Crippen LogP) is 1.95. The summed E-state index contributed by atoms with van der Waals surface area (Å²) < 4.78 is 5.04. The minimum Gasteiger partial charge on any atom is -0.428 e. The van der Waals surface area contributed by atoms with Gasteiger partial charge in [0.2, 0.25) is 12.3 Å². The Bertz CT molecular complexity index is 386. The number of rotatable bonds is 2. The van der Waals surface area contributed by atoms with Gasteiger partial charge in [0.15, 0.2) is 0 Å². The Hall–Kier alpha value is -1.29. The van der Waals surface area contributed by atoms with Crippen LogP contribution < -0.4 is 0 Å². The van der Waals surface area contributed by atoms with Gasteiger partial charge in [0.1, 0.15) is 0 Å². The summed E-state index contributed by atoms with van der Waals surface area (Å²) in [6, 6.07) is 7.84. The van der Waals surface area contributed by atoms with Crippen LogP contribution in [0.15, 0.2) is 40.0 Å². The highest BCUT2D eigenvalue weighted by Crippen LogP contribution is 2.15. The first-order valence-corrected chi connectivity index (χ1v) is 4.33. The zero-order chi connectivity index (χ0) is 9.10. The SMILES string of the molecule is Sc1ccccc1Cc1nnco1. The normalized spacial score (nSPS) is 10.2. The summed E-state index contributed by atoms with van der Waals surface area (Å²) in [7, 11) is 0. The van der Waals surface area contributed by atoms with Crippen molar-refractivity contribution in [1.29, 1.82) is 0 Å². The molecule has 0 saturated heterocycles. The lowest BCUT2D eigenvalue weighted by molar-refractivity contribution is 0.504. The Morgan fingerprint density at radius 1 is 1.31 bits per heavy atom. The molecule has 2 aromatic rings. The Labute approximate surface area is 81.2 Å². The van der Waals surface area contributed by atoms with Crippen molar-refractivity contribution >= 4 is 12.6 Å². The first-order valence-electron chi connectivity index (χ1n) is 3.88. The summed E-state index contributed by atoms with van der Waals surface area (Å²) in [4.78, 5) is 0.945. The van der Waals surface area contributed by atoms with Crippen LogP contribution in [0.3, 0.4) is 0 Å². The first-order chi connectivity index (χ1) is 6.36. The van der Waals surface area contributed by atoms with E-state index in [1.807, 2.05) is 24.3 Å². The third kappa shape index (κ3) is 1.89. The fraction of sp³-hybridized carbons (Fsp3) is 0.111.